The zero-order valence-electron chi connectivity index (χ0n) is 19.0. The highest BCUT2D eigenvalue weighted by Gasteiger charge is 2.20. The van der Waals surface area contributed by atoms with Crippen LogP contribution in [0.5, 0.6) is 5.75 Å². The van der Waals surface area contributed by atoms with Gasteiger partial charge in [0.25, 0.3) is 0 Å². The van der Waals surface area contributed by atoms with Gasteiger partial charge in [-0.05, 0) is 51.8 Å². The monoisotopic (exact) mass is 487 g/mol. The normalized spacial score (nSPS) is 15.2. The summed E-state index contributed by atoms with van der Waals surface area (Å²) >= 11 is 3.14. The van der Waals surface area contributed by atoms with Gasteiger partial charge in [-0.25, -0.2) is 9.97 Å². The van der Waals surface area contributed by atoms with E-state index in [0.717, 1.165) is 53.7 Å². The van der Waals surface area contributed by atoms with E-state index in [0.29, 0.717) is 22.1 Å². The zero-order valence-corrected chi connectivity index (χ0v) is 20.6. The fourth-order valence-electron chi connectivity index (χ4n) is 3.71. The number of thiazole rings is 2. The number of benzene rings is 1. The number of aliphatic hydroxyl groups excluding tert-OH is 1. The smallest absolute Gasteiger partial charge is 0.248 e. The minimum Gasteiger partial charge on any atom is -0.489 e. The number of piperidine rings is 1. The van der Waals surface area contributed by atoms with E-state index in [2.05, 4.69) is 10.2 Å². The molecule has 0 bridgehead atoms. The largest absolute Gasteiger partial charge is 0.489 e. The molecule has 0 unspecified atom stereocenters. The number of aryl methyl sites for hydroxylation is 1. The Morgan fingerprint density at radius 3 is 2.79 bits per heavy atom. The van der Waals surface area contributed by atoms with Gasteiger partial charge in [0.1, 0.15) is 10.8 Å². The van der Waals surface area contributed by atoms with E-state index in [-0.39, 0.29) is 12.2 Å². The third-order valence-corrected chi connectivity index (χ3v) is 7.28. The van der Waals surface area contributed by atoms with E-state index in [4.69, 9.17) is 20.4 Å². The maximum atomic E-state index is 11.6. The lowest BCUT2D eigenvalue weighted by Gasteiger charge is -2.28. The number of carbonyl (C=O) groups is 1. The fraction of sp³-hybridized carbons (Fsp3) is 0.435. The lowest BCUT2D eigenvalue weighted by molar-refractivity contribution is 0.0792. The lowest BCUT2D eigenvalue weighted by Crippen LogP contribution is -2.35. The number of aromatic nitrogens is 2. The topological polar surface area (TPSA) is 114 Å². The first kappa shape index (κ1) is 23.6. The van der Waals surface area contributed by atoms with Crippen molar-refractivity contribution in [2.24, 2.45) is 5.73 Å². The summed E-state index contributed by atoms with van der Waals surface area (Å²) in [5.41, 5.74) is 8.34. The van der Waals surface area contributed by atoms with E-state index in [1.807, 2.05) is 26.2 Å². The summed E-state index contributed by atoms with van der Waals surface area (Å²) < 4.78 is 5.88. The van der Waals surface area contributed by atoms with Crippen LogP contribution in [0.1, 0.15) is 47.7 Å². The van der Waals surface area contributed by atoms with Crippen LogP contribution < -0.4 is 15.8 Å². The molecular formula is C23H29N5O3S2. The first-order valence-electron chi connectivity index (χ1n) is 11.0. The van der Waals surface area contributed by atoms with E-state index < -0.39 is 5.91 Å². The van der Waals surface area contributed by atoms with E-state index in [9.17, 15) is 9.90 Å². The number of hydrogen-bond donors (Lipinski definition) is 3. The molecule has 8 nitrogen and oxygen atoms in total. The third kappa shape index (κ3) is 5.89. The van der Waals surface area contributed by atoms with Crippen LogP contribution in [0.2, 0.25) is 0 Å². The molecule has 3 heterocycles. The number of nitrogens with one attached hydrogen (secondary N) is 1. The molecule has 0 spiro atoms. The Balaban J connectivity index is 1.51. The number of rotatable bonds is 8. The summed E-state index contributed by atoms with van der Waals surface area (Å²) in [5.74, 6) is 0.139. The molecule has 1 aliphatic rings. The highest BCUT2D eigenvalue weighted by molar-refractivity contribution is 7.16. The maximum absolute atomic E-state index is 11.6. The van der Waals surface area contributed by atoms with Crippen molar-refractivity contribution in [3.8, 4) is 16.3 Å². The summed E-state index contributed by atoms with van der Waals surface area (Å²) in [5, 5.41) is 16.8. The Morgan fingerprint density at radius 2 is 2.09 bits per heavy atom. The minimum atomic E-state index is -0.495. The summed E-state index contributed by atoms with van der Waals surface area (Å²) in [6.45, 7) is 8.49. The number of hydrogen-bond acceptors (Lipinski definition) is 9. The summed E-state index contributed by atoms with van der Waals surface area (Å²) in [6.07, 6.45) is 1.44. The number of aliphatic hydroxyl groups is 1. The van der Waals surface area contributed by atoms with E-state index >= 15 is 0 Å². The second kappa shape index (κ2) is 10.2. The number of nitrogens with zero attached hydrogens (tertiary/aromatic N) is 3. The molecular weight excluding hydrogens is 458 g/mol. The van der Waals surface area contributed by atoms with Crippen LogP contribution in [0.4, 0.5) is 10.8 Å². The fourth-order valence-corrected chi connectivity index (χ4v) is 5.57. The molecule has 0 saturated carbocycles. The molecule has 176 valence electrons. The molecule has 33 heavy (non-hydrogen) atoms. The number of carbonyl (C=O) groups excluding carboxylic acids is 1. The average molecular weight is 488 g/mol. The van der Waals surface area contributed by atoms with Crippen molar-refractivity contribution >= 4 is 39.4 Å². The highest BCUT2D eigenvalue weighted by Crippen LogP contribution is 2.36. The van der Waals surface area contributed by atoms with Crippen molar-refractivity contribution in [3.05, 3.63) is 39.8 Å². The van der Waals surface area contributed by atoms with Crippen LogP contribution in [0.25, 0.3) is 10.6 Å². The molecule has 10 heteroatoms. The predicted octanol–water partition coefficient (Wildman–Crippen LogP) is 4.16. The second-order valence-corrected chi connectivity index (χ2v) is 10.4. The van der Waals surface area contributed by atoms with Gasteiger partial charge < -0.3 is 20.9 Å². The van der Waals surface area contributed by atoms with Gasteiger partial charge in [-0.2, -0.15) is 0 Å². The number of primary amides is 1. The Labute approximate surface area is 201 Å². The summed E-state index contributed by atoms with van der Waals surface area (Å²) in [6, 6.07) is 5.09. The maximum Gasteiger partial charge on any atom is 0.248 e. The Kier molecular flexibility index (Phi) is 7.28. The zero-order chi connectivity index (χ0) is 23.5. The molecule has 3 aromatic rings. The van der Waals surface area contributed by atoms with Gasteiger partial charge in [-0.3, -0.25) is 9.69 Å². The van der Waals surface area contributed by atoms with Crippen LogP contribution in [-0.2, 0) is 6.54 Å². The van der Waals surface area contributed by atoms with E-state index in [1.54, 1.807) is 29.5 Å². The molecule has 0 atom stereocenters. The molecule has 1 amide bonds. The van der Waals surface area contributed by atoms with Crippen molar-refractivity contribution in [3.63, 3.8) is 0 Å². The Bertz CT molecular complexity index is 1120. The summed E-state index contributed by atoms with van der Waals surface area (Å²) in [4.78, 5) is 24.6. The van der Waals surface area contributed by atoms with Gasteiger partial charge >= 0.3 is 0 Å². The van der Waals surface area contributed by atoms with Gasteiger partial charge in [-0.15, -0.1) is 22.7 Å². The van der Waals surface area contributed by atoms with Crippen molar-refractivity contribution in [1.29, 1.82) is 0 Å². The van der Waals surface area contributed by atoms with Crippen molar-refractivity contribution in [2.45, 2.75) is 52.4 Å². The average Bonchev–Trinajstić information content (AvgIpc) is 3.36. The SMILES string of the molecule is Cc1nc(CN2CCC(O)CC2)sc1-c1csc(Nc2cc(C(N)=O)ccc2OC(C)C)n1. The van der Waals surface area contributed by atoms with Crippen molar-refractivity contribution in [1.82, 2.24) is 14.9 Å². The van der Waals surface area contributed by atoms with Crippen molar-refractivity contribution < 1.29 is 14.6 Å². The Morgan fingerprint density at radius 1 is 1.33 bits per heavy atom. The number of likely N-dealkylation sites (tertiary alicyclic amines) is 1. The number of amides is 1. The molecule has 0 aliphatic carbocycles. The molecule has 1 fully saturated rings. The van der Waals surface area contributed by atoms with Gasteiger partial charge in [0.15, 0.2) is 5.13 Å². The quantitative estimate of drug-likeness (QED) is 0.437. The molecule has 1 aliphatic heterocycles. The Hall–Kier alpha value is -2.53. The molecule has 1 aromatic carbocycles. The first-order valence-corrected chi connectivity index (χ1v) is 12.7. The van der Waals surface area contributed by atoms with Gasteiger partial charge in [-0.1, -0.05) is 0 Å². The van der Waals surface area contributed by atoms with Gasteiger partial charge in [0.05, 0.1) is 40.7 Å². The second-order valence-electron chi connectivity index (χ2n) is 8.43. The molecule has 2 aromatic heterocycles. The first-order chi connectivity index (χ1) is 15.8. The van der Waals surface area contributed by atoms with Crippen LogP contribution >= 0.6 is 22.7 Å². The molecule has 1 saturated heterocycles. The number of nitrogens with two attached hydrogens (primary N) is 1. The molecule has 0 radical (unpaired) electrons. The predicted molar refractivity (Wildman–Crippen MR) is 132 cm³/mol. The third-order valence-electron chi connectivity index (χ3n) is 5.36. The highest BCUT2D eigenvalue weighted by atomic mass is 32.1. The van der Waals surface area contributed by atoms with Crippen LogP contribution in [0, 0.1) is 6.92 Å². The lowest BCUT2D eigenvalue weighted by atomic mass is 10.1. The number of anilines is 2. The van der Waals surface area contributed by atoms with Gasteiger partial charge in [0, 0.05) is 24.0 Å². The van der Waals surface area contributed by atoms with Crippen LogP contribution in [-0.4, -0.2) is 51.2 Å². The van der Waals surface area contributed by atoms with Crippen molar-refractivity contribution in [2.75, 3.05) is 18.4 Å². The standard InChI is InChI=1S/C23H29N5O3S2/c1-13(2)31-19-5-4-15(22(24)30)10-17(19)26-23-27-18(12-32-23)21-14(3)25-20(33-21)11-28-8-6-16(29)7-9-28/h4-5,10,12-13,16,29H,6-9,11H2,1-3H3,(H2,24,30)(H,26,27). The minimum absolute atomic E-state index is 0.0155. The van der Waals surface area contributed by atoms with Crippen LogP contribution in [0.3, 0.4) is 0 Å². The van der Waals surface area contributed by atoms with Gasteiger partial charge in [0.2, 0.25) is 5.91 Å². The van der Waals surface area contributed by atoms with E-state index in [1.165, 1.54) is 11.3 Å². The van der Waals surface area contributed by atoms with Crippen LogP contribution in [0.15, 0.2) is 23.6 Å². The number of ether oxygens (including phenoxy) is 1. The summed E-state index contributed by atoms with van der Waals surface area (Å²) in [7, 11) is 0. The molecule has 4 rings (SSSR count). The molecule has 4 N–H and O–H groups in total.